The summed E-state index contributed by atoms with van der Waals surface area (Å²) >= 11 is 0. The first-order chi connectivity index (χ1) is 18.5. The van der Waals surface area contributed by atoms with Crippen molar-refractivity contribution in [1.82, 2.24) is 10.6 Å². The summed E-state index contributed by atoms with van der Waals surface area (Å²) in [5, 5.41) is 14.5. The van der Waals surface area contributed by atoms with Gasteiger partial charge in [-0.1, -0.05) is 110 Å². The van der Waals surface area contributed by atoms with Gasteiger partial charge in [-0.3, -0.25) is 14.4 Å². The predicted molar refractivity (Wildman–Crippen MR) is 158 cm³/mol. The SMILES string of the molecule is CCCCCNC(=O)[C@@H](N)CCCCNC(=O)CCCCCCCCCCCCCCCCCCC(=O)O. The number of hydrogen-bond acceptors (Lipinski definition) is 4. The molecule has 7 nitrogen and oxygen atoms in total. The lowest BCUT2D eigenvalue weighted by Crippen LogP contribution is -2.41. The fraction of sp³-hybridized carbons (Fsp3) is 0.903. The van der Waals surface area contributed by atoms with Crippen molar-refractivity contribution < 1.29 is 19.5 Å². The van der Waals surface area contributed by atoms with E-state index < -0.39 is 12.0 Å². The van der Waals surface area contributed by atoms with Gasteiger partial charge in [-0.2, -0.15) is 0 Å². The molecule has 7 heteroatoms. The molecular weight excluding hydrogens is 478 g/mol. The summed E-state index contributed by atoms with van der Waals surface area (Å²) in [6.07, 6.45) is 26.1. The number of hydrogen-bond donors (Lipinski definition) is 4. The molecule has 0 aliphatic carbocycles. The molecule has 0 bridgehead atoms. The van der Waals surface area contributed by atoms with Crippen LogP contribution in [0.1, 0.15) is 161 Å². The van der Waals surface area contributed by atoms with Gasteiger partial charge in [-0.05, 0) is 38.5 Å². The van der Waals surface area contributed by atoms with E-state index in [9.17, 15) is 14.4 Å². The third-order valence-corrected chi connectivity index (χ3v) is 7.22. The Morgan fingerprint density at radius 3 is 1.47 bits per heavy atom. The van der Waals surface area contributed by atoms with E-state index >= 15 is 0 Å². The summed E-state index contributed by atoms with van der Waals surface area (Å²) in [6, 6.07) is -0.447. The Morgan fingerprint density at radius 2 is 1.00 bits per heavy atom. The van der Waals surface area contributed by atoms with Crippen molar-refractivity contribution in [2.24, 2.45) is 5.73 Å². The average Bonchev–Trinajstić information content (AvgIpc) is 2.89. The van der Waals surface area contributed by atoms with Gasteiger partial charge in [-0.15, -0.1) is 0 Å². The lowest BCUT2D eigenvalue weighted by Gasteiger charge is -2.12. The second-order valence-electron chi connectivity index (χ2n) is 11.0. The van der Waals surface area contributed by atoms with E-state index in [2.05, 4.69) is 17.6 Å². The maximum absolute atomic E-state index is 12.0. The number of carbonyl (C=O) groups is 3. The van der Waals surface area contributed by atoms with Crippen LogP contribution in [0.2, 0.25) is 0 Å². The summed E-state index contributed by atoms with van der Waals surface area (Å²) in [6.45, 7) is 3.51. The van der Waals surface area contributed by atoms with Gasteiger partial charge in [0.15, 0.2) is 0 Å². The lowest BCUT2D eigenvalue weighted by atomic mass is 10.0. The molecule has 0 unspecified atom stereocenters. The van der Waals surface area contributed by atoms with Gasteiger partial charge in [0.05, 0.1) is 6.04 Å². The van der Waals surface area contributed by atoms with Crippen LogP contribution in [-0.2, 0) is 14.4 Å². The van der Waals surface area contributed by atoms with Crippen LogP contribution < -0.4 is 16.4 Å². The lowest BCUT2D eigenvalue weighted by molar-refractivity contribution is -0.137. The van der Waals surface area contributed by atoms with Gasteiger partial charge in [-0.25, -0.2) is 0 Å². The molecule has 0 saturated carbocycles. The number of nitrogens with two attached hydrogens (primary N) is 1. The van der Waals surface area contributed by atoms with E-state index in [-0.39, 0.29) is 11.8 Å². The molecule has 0 saturated heterocycles. The Bertz CT molecular complexity index is 571. The van der Waals surface area contributed by atoms with Crippen LogP contribution in [0.15, 0.2) is 0 Å². The summed E-state index contributed by atoms with van der Waals surface area (Å²) in [5.74, 6) is -0.593. The third kappa shape index (κ3) is 27.4. The molecule has 5 N–H and O–H groups in total. The van der Waals surface area contributed by atoms with Crippen LogP contribution in [0.3, 0.4) is 0 Å². The van der Waals surface area contributed by atoms with Crippen molar-refractivity contribution in [2.45, 2.75) is 167 Å². The molecule has 224 valence electrons. The Kier molecular flexibility index (Phi) is 27.2. The maximum Gasteiger partial charge on any atom is 0.303 e. The molecule has 0 rings (SSSR count). The van der Waals surface area contributed by atoms with E-state index in [1.807, 2.05) is 0 Å². The van der Waals surface area contributed by atoms with Crippen molar-refractivity contribution in [1.29, 1.82) is 0 Å². The highest BCUT2D eigenvalue weighted by Crippen LogP contribution is 2.14. The summed E-state index contributed by atoms with van der Waals surface area (Å²) in [4.78, 5) is 34.3. The van der Waals surface area contributed by atoms with Crippen molar-refractivity contribution in [3.8, 4) is 0 Å². The van der Waals surface area contributed by atoms with E-state index in [1.165, 1.54) is 77.0 Å². The molecule has 0 aliphatic rings. The highest BCUT2D eigenvalue weighted by Gasteiger charge is 2.12. The first-order valence-electron chi connectivity index (χ1n) is 16.0. The fourth-order valence-electron chi connectivity index (χ4n) is 4.69. The zero-order valence-electron chi connectivity index (χ0n) is 24.7. The monoisotopic (exact) mass is 539 g/mol. The van der Waals surface area contributed by atoms with E-state index in [4.69, 9.17) is 10.8 Å². The standard InChI is InChI=1S/C31H61N3O4/c1-2-3-21-27-34-31(38)28(32)23-20-22-26-33-29(35)24-18-16-14-12-10-8-6-4-5-7-9-11-13-15-17-19-25-30(36)37/h28H,2-27,32H2,1H3,(H,33,35)(H,34,38)(H,36,37)/t28-/m0/s1. The minimum Gasteiger partial charge on any atom is -0.481 e. The molecule has 0 spiro atoms. The van der Waals surface area contributed by atoms with Crippen LogP contribution in [0.5, 0.6) is 0 Å². The first kappa shape index (κ1) is 36.4. The van der Waals surface area contributed by atoms with E-state index in [0.29, 0.717) is 32.4 Å². The van der Waals surface area contributed by atoms with E-state index in [0.717, 1.165) is 57.8 Å². The van der Waals surface area contributed by atoms with Gasteiger partial charge in [0, 0.05) is 25.9 Å². The van der Waals surface area contributed by atoms with E-state index in [1.54, 1.807) is 0 Å². The molecule has 0 heterocycles. The highest BCUT2D eigenvalue weighted by molar-refractivity contribution is 5.81. The molecule has 1 atom stereocenters. The van der Waals surface area contributed by atoms with Crippen molar-refractivity contribution in [3.63, 3.8) is 0 Å². The predicted octanol–water partition coefficient (Wildman–Crippen LogP) is 7.01. The van der Waals surface area contributed by atoms with Crippen LogP contribution in [0.25, 0.3) is 0 Å². The minimum atomic E-state index is -0.674. The molecule has 0 fully saturated rings. The Hall–Kier alpha value is -1.63. The molecule has 0 aliphatic heterocycles. The van der Waals surface area contributed by atoms with Gasteiger partial charge in [0.1, 0.15) is 0 Å². The van der Waals surface area contributed by atoms with Crippen molar-refractivity contribution >= 4 is 17.8 Å². The first-order valence-corrected chi connectivity index (χ1v) is 16.0. The smallest absolute Gasteiger partial charge is 0.303 e. The number of carboxylic acids is 1. The second-order valence-corrected chi connectivity index (χ2v) is 11.0. The van der Waals surface area contributed by atoms with Crippen LogP contribution in [0, 0.1) is 0 Å². The number of carboxylic acid groups (broad SMARTS) is 1. The van der Waals surface area contributed by atoms with Crippen molar-refractivity contribution in [2.75, 3.05) is 13.1 Å². The largest absolute Gasteiger partial charge is 0.481 e. The average molecular weight is 540 g/mol. The van der Waals surface area contributed by atoms with Crippen LogP contribution >= 0.6 is 0 Å². The normalized spacial score (nSPS) is 11.8. The topological polar surface area (TPSA) is 122 Å². The number of unbranched alkanes of at least 4 members (excludes halogenated alkanes) is 18. The zero-order valence-corrected chi connectivity index (χ0v) is 24.7. The minimum absolute atomic E-state index is 0.0591. The molecule has 0 aromatic carbocycles. The molecule has 38 heavy (non-hydrogen) atoms. The summed E-state index contributed by atoms with van der Waals surface area (Å²) in [7, 11) is 0. The number of nitrogens with one attached hydrogen (secondary N) is 2. The number of amides is 2. The number of aliphatic carboxylic acids is 1. The summed E-state index contributed by atoms with van der Waals surface area (Å²) < 4.78 is 0. The number of rotatable bonds is 29. The van der Waals surface area contributed by atoms with Gasteiger partial charge >= 0.3 is 5.97 Å². The van der Waals surface area contributed by atoms with Crippen LogP contribution in [-0.4, -0.2) is 42.0 Å². The Balaban J connectivity index is 3.30. The van der Waals surface area contributed by atoms with Crippen LogP contribution in [0.4, 0.5) is 0 Å². The zero-order chi connectivity index (χ0) is 28.1. The molecular formula is C31H61N3O4. The molecule has 0 aromatic rings. The quantitative estimate of drug-likeness (QED) is 0.0761. The number of carbonyl (C=O) groups excluding carboxylic acids is 2. The molecule has 2 amide bonds. The highest BCUT2D eigenvalue weighted by atomic mass is 16.4. The Labute approximate surface area is 233 Å². The molecule has 0 radical (unpaired) electrons. The fourth-order valence-corrected chi connectivity index (χ4v) is 4.69. The molecule has 0 aromatic heterocycles. The van der Waals surface area contributed by atoms with Crippen molar-refractivity contribution in [3.05, 3.63) is 0 Å². The van der Waals surface area contributed by atoms with Gasteiger partial charge in [0.2, 0.25) is 11.8 Å². The van der Waals surface area contributed by atoms with Gasteiger partial charge in [0.25, 0.3) is 0 Å². The summed E-state index contributed by atoms with van der Waals surface area (Å²) in [5.41, 5.74) is 5.95. The third-order valence-electron chi connectivity index (χ3n) is 7.22. The maximum atomic E-state index is 12.0. The Morgan fingerprint density at radius 1 is 0.579 bits per heavy atom. The second kappa shape index (κ2) is 28.4. The van der Waals surface area contributed by atoms with Gasteiger partial charge < -0.3 is 21.5 Å².